The second kappa shape index (κ2) is 6.80. The lowest BCUT2D eigenvalue weighted by Crippen LogP contribution is -2.43. The lowest BCUT2D eigenvalue weighted by Gasteiger charge is -2.26. The van der Waals surface area contributed by atoms with Crippen molar-refractivity contribution in [1.82, 2.24) is 5.32 Å². The highest BCUT2D eigenvalue weighted by Gasteiger charge is 2.16. The molecule has 0 aliphatic carbocycles. The normalized spacial score (nSPS) is 14.5. The van der Waals surface area contributed by atoms with E-state index < -0.39 is 0 Å². The monoisotopic (exact) mass is 295 g/mol. The van der Waals surface area contributed by atoms with Crippen LogP contribution in [0.2, 0.25) is 5.02 Å². The number of nitrogens with zero attached hydrogens (tertiary/aromatic N) is 1. The highest BCUT2D eigenvalue weighted by Crippen LogP contribution is 2.20. The summed E-state index contributed by atoms with van der Waals surface area (Å²) in [5.74, 6) is 2.10. The average Bonchev–Trinajstić information content (AvgIpc) is 2.32. The molecule has 0 spiro atoms. The van der Waals surface area contributed by atoms with Crippen LogP contribution in [0.15, 0.2) is 18.2 Å². The molecule has 1 aliphatic heterocycles. The van der Waals surface area contributed by atoms with E-state index in [1.807, 2.05) is 6.07 Å². The molecule has 0 unspecified atom stereocenters. The van der Waals surface area contributed by atoms with E-state index in [1.165, 1.54) is 0 Å². The van der Waals surface area contributed by atoms with Gasteiger partial charge in [-0.1, -0.05) is 11.6 Å². The number of benzene rings is 1. The minimum atomic E-state index is -0.0435. The van der Waals surface area contributed by atoms with Crippen LogP contribution in [-0.2, 0) is 4.79 Å². The standard InChI is InChI=1S/C13H14ClN3OS/c14-12-3-11(2-1-10(12)4-15)17-13(18)8-19-7-9-5-16-6-9/h1-3,9,16H,5-8H2,(H,17,18). The molecule has 0 aromatic heterocycles. The highest BCUT2D eigenvalue weighted by molar-refractivity contribution is 7.99. The highest BCUT2D eigenvalue weighted by atomic mass is 35.5. The molecule has 1 fully saturated rings. The second-order valence-electron chi connectivity index (χ2n) is 4.39. The molecule has 2 rings (SSSR count). The van der Waals surface area contributed by atoms with Crippen LogP contribution in [-0.4, -0.2) is 30.5 Å². The van der Waals surface area contributed by atoms with Crippen molar-refractivity contribution in [2.24, 2.45) is 5.92 Å². The largest absolute Gasteiger partial charge is 0.325 e. The number of hydrogen-bond acceptors (Lipinski definition) is 4. The Labute approximate surface area is 121 Å². The van der Waals surface area contributed by atoms with Gasteiger partial charge >= 0.3 is 0 Å². The van der Waals surface area contributed by atoms with Gasteiger partial charge in [-0.05, 0) is 43.0 Å². The molecule has 0 radical (unpaired) electrons. The van der Waals surface area contributed by atoms with Crippen LogP contribution in [0.3, 0.4) is 0 Å². The molecule has 6 heteroatoms. The first-order chi connectivity index (χ1) is 9.19. The van der Waals surface area contributed by atoms with Gasteiger partial charge in [0.1, 0.15) is 6.07 Å². The van der Waals surface area contributed by atoms with E-state index in [0.29, 0.717) is 27.9 Å². The SMILES string of the molecule is N#Cc1ccc(NC(=O)CSCC2CNC2)cc1Cl. The summed E-state index contributed by atoms with van der Waals surface area (Å²) in [6.45, 7) is 2.11. The number of carbonyl (C=O) groups is 1. The van der Waals surface area contributed by atoms with Gasteiger partial charge in [-0.2, -0.15) is 17.0 Å². The van der Waals surface area contributed by atoms with Crippen LogP contribution in [0.4, 0.5) is 5.69 Å². The minimum absolute atomic E-state index is 0.0435. The van der Waals surface area contributed by atoms with E-state index in [0.717, 1.165) is 18.8 Å². The fourth-order valence-electron chi connectivity index (χ4n) is 1.67. The summed E-state index contributed by atoms with van der Waals surface area (Å²) < 4.78 is 0. The number of nitriles is 1. The van der Waals surface area contributed by atoms with Crippen molar-refractivity contribution in [2.75, 3.05) is 29.9 Å². The number of thioether (sulfide) groups is 1. The van der Waals surface area contributed by atoms with Crippen molar-refractivity contribution < 1.29 is 4.79 Å². The Morgan fingerprint density at radius 2 is 2.37 bits per heavy atom. The first-order valence-corrected chi connectivity index (χ1v) is 7.50. The van der Waals surface area contributed by atoms with E-state index in [1.54, 1.807) is 30.0 Å². The van der Waals surface area contributed by atoms with Crippen molar-refractivity contribution in [3.8, 4) is 6.07 Å². The summed E-state index contributed by atoms with van der Waals surface area (Å²) in [4.78, 5) is 11.7. The van der Waals surface area contributed by atoms with Gasteiger partial charge in [0, 0.05) is 5.69 Å². The van der Waals surface area contributed by atoms with Crippen molar-refractivity contribution in [1.29, 1.82) is 5.26 Å². The molecule has 1 amide bonds. The van der Waals surface area contributed by atoms with Crippen molar-refractivity contribution >= 4 is 35.0 Å². The van der Waals surface area contributed by atoms with Crippen molar-refractivity contribution in [3.05, 3.63) is 28.8 Å². The van der Waals surface area contributed by atoms with E-state index in [2.05, 4.69) is 10.6 Å². The van der Waals surface area contributed by atoms with Gasteiger partial charge < -0.3 is 10.6 Å². The second-order valence-corrected chi connectivity index (χ2v) is 5.83. The fourth-order valence-corrected chi connectivity index (χ4v) is 2.83. The molecule has 0 atom stereocenters. The number of anilines is 1. The summed E-state index contributed by atoms with van der Waals surface area (Å²) >= 11 is 7.54. The Bertz CT molecular complexity index is 511. The zero-order valence-corrected chi connectivity index (χ0v) is 11.9. The van der Waals surface area contributed by atoms with Gasteiger partial charge in [0.05, 0.1) is 16.3 Å². The Hall–Kier alpha value is -1.22. The molecule has 0 bridgehead atoms. The van der Waals surface area contributed by atoms with Crippen molar-refractivity contribution in [3.63, 3.8) is 0 Å². The Morgan fingerprint density at radius 1 is 1.58 bits per heavy atom. The van der Waals surface area contributed by atoms with E-state index in [-0.39, 0.29) is 5.91 Å². The Balaban J connectivity index is 1.78. The van der Waals surface area contributed by atoms with Gasteiger partial charge in [-0.15, -0.1) is 0 Å². The van der Waals surface area contributed by atoms with Crippen molar-refractivity contribution in [2.45, 2.75) is 0 Å². The third-order valence-corrected chi connectivity index (χ3v) is 4.31. The number of rotatable bonds is 5. The molecule has 1 saturated heterocycles. The number of hydrogen-bond donors (Lipinski definition) is 2. The average molecular weight is 296 g/mol. The van der Waals surface area contributed by atoms with Gasteiger partial charge in [0.2, 0.25) is 5.91 Å². The van der Waals surface area contributed by atoms with Crippen LogP contribution in [0.5, 0.6) is 0 Å². The lowest BCUT2D eigenvalue weighted by molar-refractivity contribution is -0.113. The number of carbonyl (C=O) groups excluding carboxylic acids is 1. The molecular weight excluding hydrogens is 282 g/mol. The van der Waals surface area contributed by atoms with Gasteiger partial charge in [0.15, 0.2) is 0 Å². The predicted molar refractivity (Wildman–Crippen MR) is 78.5 cm³/mol. The van der Waals surface area contributed by atoms with Gasteiger partial charge in [-0.3, -0.25) is 4.79 Å². The molecule has 100 valence electrons. The number of nitrogens with one attached hydrogen (secondary N) is 2. The molecule has 1 aromatic rings. The maximum absolute atomic E-state index is 11.7. The fraction of sp³-hybridized carbons (Fsp3) is 0.385. The summed E-state index contributed by atoms with van der Waals surface area (Å²) in [5.41, 5.74) is 1.03. The van der Waals surface area contributed by atoms with Gasteiger partial charge in [0.25, 0.3) is 0 Å². The summed E-state index contributed by atoms with van der Waals surface area (Å²) in [7, 11) is 0. The molecule has 2 N–H and O–H groups in total. The van der Waals surface area contributed by atoms with Gasteiger partial charge in [-0.25, -0.2) is 0 Å². The van der Waals surface area contributed by atoms with Crippen LogP contribution >= 0.6 is 23.4 Å². The first-order valence-electron chi connectivity index (χ1n) is 5.97. The quantitative estimate of drug-likeness (QED) is 0.873. The third kappa shape index (κ3) is 4.13. The first kappa shape index (κ1) is 14.2. The van der Waals surface area contributed by atoms with E-state index in [4.69, 9.17) is 16.9 Å². The smallest absolute Gasteiger partial charge is 0.234 e. The zero-order valence-electron chi connectivity index (χ0n) is 10.3. The Kier molecular flexibility index (Phi) is 5.08. The molecule has 4 nitrogen and oxygen atoms in total. The van der Waals surface area contributed by atoms with Crippen LogP contribution in [0.25, 0.3) is 0 Å². The topological polar surface area (TPSA) is 64.9 Å². The lowest BCUT2D eigenvalue weighted by atomic mass is 10.1. The number of halogens is 1. The predicted octanol–water partition coefficient (Wildman–Crippen LogP) is 2.10. The Morgan fingerprint density at radius 3 is 2.95 bits per heavy atom. The van der Waals surface area contributed by atoms with Crippen LogP contribution < -0.4 is 10.6 Å². The summed E-state index contributed by atoms with van der Waals surface area (Å²) in [5, 5.41) is 15.1. The molecular formula is C13H14ClN3OS. The molecule has 1 aromatic carbocycles. The van der Waals surface area contributed by atoms with E-state index in [9.17, 15) is 4.79 Å². The molecule has 0 saturated carbocycles. The summed E-state index contributed by atoms with van der Waals surface area (Å²) in [6, 6.07) is 6.86. The summed E-state index contributed by atoms with van der Waals surface area (Å²) in [6.07, 6.45) is 0. The zero-order chi connectivity index (χ0) is 13.7. The maximum atomic E-state index is 11.7. The third-order valence-electron chi connectivity index (χ3n) is 2.83. The molecule has 19 heavy (non-hydrogen) atoms. The molecule has 1 heterocycles. The molecule has 1 aliphatic rings. The van der Waals surface area contributed by atoms with Crippen LogP contribution in [0.1, 0.15) is 5.56 Å². The minimum Gasteiger partial charge on any atom is -0.325 e. The number of amides is 1. The maximum Gasteiger partial charge on any atom is 0.234 e. The van der Waals surface area contributed by atoms with E-state index >= 15 is 0 Å². The van der Waals surface area contributed by atoms with Crippen LogP contribution in [0, 0.1) is 17.2 Å².